The molecule has 0 unspecified atom stereocenters. The summed E-state index contributed by atoms with van der Waals surface area (Å²) in [6, 6.07) is 8.57. The Morgan fingerprint density at radius 3 is 2.43 bits per heavy atom. The Labute approximate surface area is 127 Å². The van der Waals surface area contributed by atoms with Gasteiger partial charge in [0, 0.05) is 11.6 Å². The topological polar surface area (TPSA) is 48.0 Å². The van der Waals surface area contributed by atoms with Crippen molar-refractivity contribution in [3.05, 3.63) is 65.6 Å². The normalized spacial score (nSPS) is 11.8. The van der Waals surface area contributed by atoms with Crippen LogP contribution in [0.1, 0.15) is 15.9 Å². The van der Waals surface area contributed by atoms with Crippen LogP contribution in [0.2, 0.25) is 0 Å². The number of hydrogen-bond acceptors (Lipinski definition) is 1. The third kappa shape index (κ3) is 2.54. The van der Waals surface area contributed by atoms with Crippen LogP contribution in [0.3, 0.4) is 0 Å². The van der Waals surface area contributed by atoms with Crippen LogP contribution in [-0.2, 0) is 6.18 Å². The molecule has 1 heterocycles. The highest BCUT2D eigenvalue weighted by Gasteiger charge is 2.31. The van der Waals surface area contributed by atoms with Gasteiger partial charge in [0.2, 0.25) is 0 Å². The summed E-state index contributed by atoms with van der Waals surface area (Å²) in [6.07, 6.45) is -3.36. The Balaban J connectivity index is 2.31. The van der Waals surface area contributed by atoms with Crippen LogP contribution in [0, 0.1) is 5.82 Å². The fourth-order valence-corrected chi connectivity index (χ4v) is 2.45. The van der Waals surface area contributed by atoms with Crippen molar-refractivity contribution < 1.29 is 22.4 Å². The summed E-state index contributed by atoms with van der Waals surface area (Å²) in [4.78, 5) is 11.5. The first kappa shape index (κ1) is 15.1. The van der Waals surface area contributed by atoms with Gasteiger partial charge in [0.1, 0.15) is 5.82 Å². The minimum absolute atomic E-state index is 0.109. The second-order valence-corrected chi connectivity index (χ2v) is 4.96. The lowest BCUT2D eigenvalue weighted by molar-refractivity contribution is -0.137. The summed E-state index contributed by atoms with van der Waals surface area (Å²) in [5.41, 5.74) is 4.50. The number of benzene rings is 2. The van der Waals surface area contributed by atoms with E-state index < -0.39 is 23.5 Å². The van der Waals surface area contributed by atoms with Gasteiger partial charge in [-0.1, -0.05) is 18.2 Å². The predicted octanol–water partition coefficient (Wildman–Crippen LogP) is 3.89. The third-order valence-corrected chi connectivity index (χ3v) is 3.51. The minimum Gasteiger partial charge on any atom is -0.366 e. The maximum Gasteiger partial charge on any atom is 0.416 e. The van der Waals surface area contributed by atoms with Crippen LogP contribution in [-0.4, -0.2) is 10.5 Å². The molecule has 0 aliphatic rings. The highest BCUT2D eigenvalue weighted by atomic mass is 19.4. The van der Waals surface area contributed by atoms with Crippen molar-refractivity contribution in [2.45, 2.75) is 6.18 Å². The molecular weight excluding hydrogens is 312 g/mol. The molecule has 7 heteroatoms. The SMILES string of the molecule is NC(=O)c1cn(-c2cc(C(F)(F)F)ccc2F)c2ccccc12. The van der Waals surface area contributed by atoms with Crippen molar-refractivity contribution in [3.63, 3.8) is 0 Å². The Morgan fingerprint density at radius 2 is 1.78 bits per heavy atom. The molecule has 23 heavy (non-hydrogen) atoms. The molecule has 2 aromatic carbocycles. The molecule has 0 saturated heterocycles. The second-order valence-electron chi connectivity index (χ2n) is 4.96. The van der Waals surface area contributed by atoms with E-state index >= 15 is 0 Å². The number of fused-ring (bicyclic) bond motifs is 1. The number of nitrogens with zero attached hydrogens (tertiary/aromatic N) is 1. The number of alkyl halides is 3. The van der Waals surface area contributed by atoms with E-state index in [1.54, 1.807) is 24.3 Å². The maximum absolute atomic E-state index is 14.1. The number of carbonyl (C=O) groups excluding carboxylic acids is 1. The summed E-state index contributed by atoms with van der Waals surface area (Å²) in [6.45, 7) is 0. The smallest absolute Gasteiger partial charge is 0.366 e. The van der Waals surface area contributed by atoms with Gasteiger partial charge in [0.05, 0.1) is 22.3 Å². The van der Waals surface area contributed by atoms with Gasteiger partial charge in [-0.25, -0.2) is 4.39 Å². The van der Waals surface area contributed by atoms with Crippen molar-refractivity contribution in [1.82, 2.24) is 4.57 Å². The lowest BCUT2D eigenvalue weighted by atomic mass is 10.1. The second kappa shape index (κ2) is 5.12. The van der Waals surface area contributed by atoms with Gasteiger partial charge in [0.25, 0.3) is 5.91 Å². The van der Waals surface area contributed by atoms with Crippen molar-refractivity contribution in [3.8, 4) is 5.69 Å². The van der Waals surface area contributed by atoms with Gasteiger partial charge in [-0.2, -0.15) is 13.2 Å². The van der Waals surface area contributed by atoms with E-state index in [4.69, 9.17) is 5.73 Å². The highest BCUT2D eigenvalue weighted by molar-refractivity contribution is 6.06. The number of rotatable bonds is 2. The van der Waals surface area contributed by atoms with E-state index in [2.05, 4.69) is 0 Å². The Bertz CT molecular complexity index is 912. The van der Waals surface area contributed by atoms with Crippen molar-refractivity contribution in [2.24, 2.45) is 5.73 Å². The van der Waals surface area contributed by atoms with E-state index in [-0.39, 0.29) is 11.3 Å². The average molecular weight is 322 g/mol. The first-order chi connectivity index (χ1) is 10.8. The number of aromatic nitrogens is 1. The molecular formula is C16H10F4N2O. The summed E-state index contributed by atoms with van der Waals surface area (Å²) in [5, 5.41) is 0.441. The van der Waals surface area contributed by atoms with E-state index in [1.165, 1.54) is 10.8 Å². The molecule has 3 nitrogen and oxygen atoms in total. The van der Waals surface area contributed by atoms with E-state index in [1.807, 2.05) is 0 Å². The van der Waals surface area contributed by atoms with E-state index in [0.29, 0.717) is 23.0 Å². The molecule has 3 rings (SSSR count). The Hall–Kier alpha value is -2.83. The number of nitrogens with two attached hydrogens (primary N) is 1. The molecule has 0 aliphatic carbocycles. The molecule has 3 aromatic rings. The zero-order chi connectivity index (χ0) is 16.8. The van der Waals surface area contributed by atoms with Crippen LogP contribution in [0.4, 0.5) is 17.6 Å². The lowest BCUT2D eigenvalue weighted by Gasteiger charge is -2.11. The summed E-state index contributed by atoms with van der Waals surface area (Å²) in [5.74, 6) is -1.58. The first-order valence-electron chi connectivity index (χ1n) is 6.56. The molecule has 2 N–H and O–H groups in total. The monoisotopic (exact) mass is 322 g/mol. The number of amides is 1. The van der Waals surface area contributed by atoms with Gasteiger partial charge < -0.3 is 10.3 Å². The molecule has 0 radical (unpaired) electrons. The standard InChI is InChI=1S/C16H10F4N2O/c17-12-6-5-9(16(18,19)20)7-14(12)22-8-11(15(21)23)10-3-1-2-4-13(10)22/h1-8H,(H2,21,23). The number of carbonyl (C=O) groups is 1. The quantitative estimate of drug-likeness (QED) is 0.715. The molecule has 0 fully saturated rings. The molecule has 118 valence electrons. The van der Waals surface area contributed by atoms with E-state index in [9.17, 15) is 22.4 Å². The predicted molar refractivity (Wildman–Crippen MR) is 76.8 cm³/mol. The molecule has 1 amide bonds. The summed E-state index contributed by atoms with van der Waals surface area (Å²) in [7, 11) is 0. The van der Waals surface area contributed by atoms with Crippen LogP contribution in [0.5, 0.6) is 0 Å². The molecule has 0 spiro atoms. The van der Waals surface area contributed by atoms with Gasteiger partial charge in [-0.15, -0.1) is 0 Å². The number of hydrogen-bond donors (Lipinski definition) is 1. The Kier molecular flexibility index (Phi) is 3.35. The molecule has 0 aliphatic heterocycles. The van der Waals surface area contributed by atoms with Gasteiger partial charge in [-0.3, -0.25) is 4.79 Å². The van der Waals surface area contributed by atoms with Crippen LogP contribution < -0.4 is 5.73 Å². The fourth-order valence-electron chi connectivity index (χ4n) is 2.45. The minimum atomic E-state index is -4.60. The summed E-state index contributed by atoms with van der Waals surface area (Å²) < 4.78 is 53.8. The lowest BCUT2D eigenvalue weighted by Crippen LogP contribution is -2.10. The fraction of sp³-hybridized carbons (Fsp3) is 0.0625. The summed E-state index contributed by atoms with van der Waals surface area (Å²) >= 11 is 0. The van der Waals surface area contributed by atoms with E-state index in [0.717, 1.165) is 6.07 Å². The Morgan fingerprint density at radius 1 is 1.09 bits per heavy atom. The van der Waals surface area contributed by atoms with Crippen LogP contribution >= 0.6 is 0 Å². The van der Waals surface area contributed by atoms with Gasteiger partial charge in [-0.05, 0) is 24.3 Å². The highest BCUT2D eigenvalue weighted by Crippen LogP contribution is 2.33. The molecule has 1 aromatic heterocycles. The molecule has 0 saturated carbocycles. The number of primary amides is 1. The molecule has 0 atom stereocenters. The first-order valence-corrected chi connectivity index (χ1v) is 6.56. The van der Waals surface area contributed by atoms with Crippen LogP contribution in [0.25, 0.3) is 16.6 Å². The largest absolute Gasteiger partial charge is 0.416 e. The van der Waals surface area contributed by atoms with Gasteiger partial charge >= 0.3 is 6.18 Å². The third-order valence-electron chi connectivity index (χ3n) is 3.51. The number of para-hydroxylation sites is 1. The van der Waals surface area contributed by atoms with Crippen LogP contribution in [0.15, 0.2) is 48.7 Å². The number of halogens is 4. The van der Waals surface area contributed by atoms with Crippen molar-refractivity contribution in [2.75, 3.05) is 0 Å². The van der Waals surface area contributed by atoms with Crippen molar-refractivity contribution in [1.29, 1.82) is 0 Å². The zero-order valence-corrected chi connectivity index (χ0v) is 11.6. The zero-order valence-electron chi connectivity index (χ0n) is 11.6. The average Bonchev–Trinajstić information content (AvgIpc) is 2.86. The maximum atomic E-state index is 14.1. The van der Waals surface area contributed by atoms with Crippen molar-refractivity contribution >= 4 is 16.8 Å². The van der Waals surface area contributed by atoms with Gasteiger partial charge in [0.15, 0.2) is 0 Å². The molecule has 0 bridgehead atoms.